The topological polar surface area (TPSA) is 84.2 Å². The van der Waals surface area contributed by atoms with Gasteiger partial charge in [0.1, 0.15) is 0 Å². The Labute approximate surface area is 156 Å². The van der Waals surface area contributed by atoms with Crippen LogP contribution in [-0.4, -0.2) is 24.4 Å². The molecular weight excluding hydrogens is 338 g/mol. The van der Waals surface area contributed by atoms with E-state index < -0.39 is 0 Å². The molecule has 2 rings (SSSR count). The molecule has 1 aliphatic carbocycles. The molecule has 0 bridgehead atoms. The third-order valence-corrected chi connectivity index (χ3v) is 4.76. The molecule has 0 aliphatic heterocycles. The molecule has 140 valence electrons. The van der Waals surface area contributed by atoms with E-state index in [0.717, 1.165) is 18.4 Å². The van der Waals surface area contributed by atoms with Gasteiger partial charge in [-0.3, -0.25) is 9.59 Å². The molecule has 0 heterocycles. The van der Waals surface area contributed by atoms with Crippen LogP contribution in [0.5, 0.6) is 0 Å². The largest absolute Gasteiger partial charge is 0.355 e. The average molecular weight is 368 g/mol. The molecule has 1 aromatic carbocycles. The maximum Gasteiger partial charge on any atom is 0.224 e. The number of hydrogen-bond acceptors (Lipinski definition) is 3. The number of amides is 2. The maximum atomic E-state index is 12.2. The van der Waals surface area contributed by atoms with Crippen LogP contribution in [0, 0.1) is 5.92 Å². The van der Waals surface area contributed by atoms with Gasteiger partial charge in [-0.15, -0.1) is 12.4 Å². The summed E-state index contributed by atoms with van der Waals surface area (Å²) in [4.78, 5) is 24.1. The van der Waals surface area contributed by atoms with Crippen LogP contribution in [0.1, 0.15) is 57.1 Å². The van der Waals surface area contributed by atoms with Gasteiger partial charge in [-0.25, -0.2) is 0 Å². The van der Waals surface area contributed by atoms with E-state index in [9.17, 15) is 9.59 Å². The highest BCUT2D eigenvalue weighted by atomic mass is 35.5. The summed E-state index contributed by atoms with van der Waals surface area (Å²) in [5, 5.41) is 5.88. The van der Waals surface area contributed by atoms with Crippen LogP contribution >= 0.6 is 12.4 Å². The van der Waals surface area contributed by atoms with Gasteiger partial charge in [0.2, 0.25) is 11.8 Å². The molecule has 0 radical (unpaired) electrons. The Balaban J connectivity index is 0.00000312. The quantitative estimate of drug-likeness (QED) is 0.692. The minimum atomic E-state index is -0.345. The normalized spacial score (nSPS) is 17.0. The minimum Gasteiger partial charge on any atom is -0.355 e. The molecule has 25 heavy (non-hydrogen) atoms. The number of halogens is 1. The molecule has 0 saturated heterocycles. The Morgan fingerprint density at radius 1 is 1.16 bits per heavy atom. The number of carbonyl (C=O) groups excluding carboxylic acids is 2. The first-order chi connectivity index (χ1) is 11.6. The summed E-state index contributed by atoms with van der Waals surface area (Å²) in [6.45, 7) is 2.17. The highest BCUT2D eigenvalue weighted by Gasteiger charge is 2.22. The molecule has 2 atom stereocenters. The van der Waals surface area contributed by atoms with Crippen LogP contribution < -0.4 is 16.4 Å². The van der Waals surface area contributed by atoms with E-state index in [1.165, 1.54) is 19.3 Å². The van der Waals surface area contributed by atoms with Crippen LogP contribution in [0.4, 0.5) is 0 Å². The van der Waals surface area contributed by atoms with Crippen molar-refractivity contribution in [3.63, 3.8) is 0 Å². The van der Waals surface area contributed by atoms with E-state index in [2.05, 4.69) is 10.6 Å². The summed E-state index contributed by atoms with van der Waals surface area (Å²) in [6.07, 6.45) is 6.10. The molecule has 1 aliphatic rings. The number of rotatable bonds is 7. The van der Waals surface area contributed by atoms with E-state index in [1.807, 2.05) is 37.3 Å². The lowest BCUT2D eigenvalue weighted by Crippen LogP contribution is -2.40. The van der Waals surface area contributed by atoms with Gasteiger partial charge in [0.15, 0.2) is 0 Å². The third kappa shape index (κ3) is 7.04. The van der Waals surface area contributed by atoms with E-state index in [4.69, 9.17) is 5.73 Å². The van der Waals surface area contributed by atoms with Crippen LogP contribution in [0.3, 0.4) is 0 Å². The first-order valence-electron chi connectivity index (χ1n) is 8.95. The molecule has 2 amide bonds. The standard InChI is InChI=1S/C19H29N3O2.ClH/c1-14(18(20)15-8-4-2-5-9-15)19(24)21-13-12-17(23)22-16-10-6-3-7-11-16;/h2,4-5,8-9,14,16,18H,3,6-7,10-13,20H2,1H3,(H,21,24)(H,22,23);1H. The molecule has 2 unspecified atom stereocenters. The third-order valence-electron chi connectivity index (χ3n) is 4.76. The fourth-order valence-corrected chi connectivity index (χ4v) is 3.13. The number of carbonyl (C=O) groups is 2. The summed E-state index contributed by atoms with van der Waals surface area (Å²) in [5.74, 6) is -0.437. The van der Waals surface area contributed by atoms with Gasteiger partial charge in [-0.1, -0.05) is 56.5 Å². The maximum absolute atomic E-state index is 12.2. The molecule has 0 aromatic heterocycles. The average Bonchev–Trinajstić information content (AvgIpc) is 2.62. The second-order valence-electron chi connectivity index (χ2n) is 6.67. The van der Waals surface area contributed by atoms with Gasteiger partial charge < -0.3 is 16.4 Å². The summed E-state index contributed by atoms with van der Waals surface area (Å²) in [6, 6.07) is 9.56. The number of benzene rings is 1. The number of nitrogens with one attached hydrogen (secondary N) is 2. The van der Waals surface area contributed by atoms with Crippen molar-refractivity contribution < 1.29 is 9.59 Å². The van der Waals surface area contributed by atoms with Gasteiger partial charge in [0, 0.05) is 25.0 Å². The van der Waals surface area contributed by atoms with E-state index in [-0.39, 0.29) is 36.2 Å². The zero-order valence-electron chi connectivity index (χ0n) is 14.9. The van der Waals surface area contributed by atoms with Crippen molar-refractivity contribution in [3.05, 3.63) is 35.9 Å². The van der Waals surface area contributed by atoms with Gasteiger partial charge in [0.25, 0.3) is 0 Å². The molecular formula is C19H30ClN3O2. The zero-order valence-corrected chi connectivity index (χ0v) is 15.7. The zero-order chi connectivity index (χ0) is 17.4. The van der Waals surface area contributed by atoms with E-state index in [0.29, 0.717) is 19.0 Å². The lowest BCUT2D eigenvalue weighted by molar-refractivity contribution is -0.125. The predicted octanol–water partition coefficient (Wildman–Crippen LogP) is 2.70. The van der Waals surface area contributed by atoms with Crippen molar-refractivity contribution in [2.24, 2.45) is 11.7 Å². The fourth-order valence-electron chi connectivity index (χ4n) is 3.13. The Hall–Kier alpha value is -1.59. The molecule has 4 N–H and O–H groups in total. The predicted molar refractivity (Wildman–Crippen MR) is 102 cm³/mol. The Morgan fingerprint density at radius 2 is 1.80 bits per heavy atom. The first kappa shape index (κ1) is 21.5. The van der Waals surface area contributed by atoms with E-state index in [1.54, 1.807) is 0 Å². The first-order valence-corrected chi connectivity index (χ1v) is 8.95. The monoisotopic (exact) mass is 367 g/mol. The highest BCUT2D eigenvalue weighted by molar-refractivity contribution is 5.85. The summed E-state index contributed by atoms with van der Waals surface area (Å²) in [5.41, 5.74) is 7.09. The SMILES string of the molecule is CC(C(=O)NCCC(=O)NC1CCCCC1)C(N)c1ccccc1.Cl. The van der Waals surface area contributed by atoms with Gasteiger partial charge in [-0.2, -0.15) is 0 Å². The van der Waals surface area contributed by atoms with Crippen LogP contribution in [0.2, 0.25) is 0 Å². The second kappa shape index (κ2) is 11.1. The van der Waals surface area contributed by atoms with Gasteiger partial charge in [-0.05, 0) is 18.4 Å². The molecule has 0 spiro atoms. The van der Waals surface area contributed by atoms with Crippen molar-refractivity contribution >= 4 is 24.2 Å². The van der Waals surface area contributed by atoms with E-state index >= 15 is 0 Å². The Bertz CT molecular complexity index is 533. The number of hydrogen-bond donors (Lipinski definition) is 3. The smallest absolute Gasteiger partial charge is 0.224 e. The molecule has 5 nitrogen and oxygen atoms in total. The van der Waals surface area contributed by atoms with Crippen molar-refractivity contribution in [1.82, 2.24) is 10.6 Å². The lowest BCUT2D eigenvalue weighted by atomic mass is 9.94. The molecule has 1 saturated carbocycles. The second-order valence-corrected chi connectivity index (χ2v) is 6.67. The summed E-state index contributed by atoms with van der Waals surface area (Å²) in [7, 11) is 0. The highest BCUT2D eigenvalue weighted by Crippen LogP contribution is 2.19. The van der Waals surface area contributed by atoms with Gasteiger partial charge >= 0.3 is 0 Å². The van der Waals surface area contributed by atoms with Gasteiger partial charge in [0.05, 0.1) is 5.92 Å². The summed E-state index contributed by atoms with van der Waals surface area (Å²) < 4.78 is 0. The molecule has 1 aromatic rings. The van der Waals surface area contributed by atoms with Crippen molar-refractivity contribution in [2.75, 3.05) is 6.54 Å². The fraction of sp³-hybridized carbons (Fsp3) is 0.579. The minimum absolute atomic E-state index is 0. The van der Waals surface area contributed by atoms with Crippen molar-refractivity contribution in [1.29, 1.82) is 0 Å². The molecule has 6 heteroatoms. The lowest BCUT2D eigenvalue weighted by Gasteiger charge is -2.23. The van der Waals surface area contributed by atoms with Crippen molar-refractivity contribution in [2.45, 2.75) is 57.5 Å². The van der Waals surface area contributed by atoms with Crippen LogP contribution in [-0.2, 0) is 9.59 Å². The Kier molecular flexibility index (Phi) is 9.53. The van der Waals surface area contributed by atoms with Crippen LogP contribution in [0.15, 0.2) is 30.3 Å². The molecule has 1 fully saturated rings. The van der Waals surface area contributed by atoms with Crippen molar-refractivity contribution in [3.8, 4) is 0 Å². The number of nitrogens with two attached hydrogens (primary N) is 1. The van der Waals surface area contributed by atoms with Crippen LogP contribution in [0.25, 0.3) is 0 Å². The Morgan fingerprint density at radius 3 is 2.44 bits per heavy atom. The summed E-state index contributed by atoms with van der Waals surface area (Å²) >= 11 is 0.